The largest absolute Gasteiger partial charge is 0.508 e. The van der Waals surface area contributed by atoms with Crippen molar-refractivity contribution in [1.29, 1.82) is 0 Å². The number of carbonyl (C=O) groups is 1. The average molecular weight is 374 g/mol. The summed E-state index contributed by atoms with van der Waals surface area (Å²) in [6.07, 6.45) is 0.241. The van der Waals surface area contributed by atoms with Crippen molar-refractivity contribution < 1.29 is 18.3 Å². The molecule has 1 aliphatic rings. The van der Waals surface area contributed by atoms with Crippen molar-refractivity contribution in [2.45, 2.75) is 18.2 Å². The van der Waals surface area contributed by atoms with Gasteiger partial charge < -0.3 is 10.0 Å². The second-order valence-corrected chi connectivity index (χ2v) is 8.38. The van der Waals surface area contributed by atoms with Crippen LogP contribution in [0.1, 0.15) is 11.1 Å². The number of hydrogen-bond acceptors (Lipinski definition) is 4. The van der Waals surface area contributed by atoms with Crippen LogP contribution in [0.2, 0.25) is 0 Å². The fraction of sp³-hybridized carbons (Fsp3) is 0.316. The van der Waals surface area contributed by atoms with Crippen molar-refractivity contribution in [2.75, 3.05) is 26.2 Å². The monoisotopic (exact) mass is 374 g/mol. The topological polar surface area (TPSA) is 77.9 Å². The molecule has 0 spiro atoms. The Morgan fingerprint density at radius 3 is 2.12 bits per heavy atom. The smallest absolute Gasteiger partial charge is 0.243 e. The van der Waals surface area contributed by atoms with E-state index in [-0.39, 0.29) is 36.1 Å². The van der Waals surface area contributed by atoms with Gasteiger partial charge in [-0.3, -0.25) is 4.79 Å². The molecule has 0 radical (unpaired) electrons. The first-order chi connectivity index (χ1) is 12.4. The number of piperazine rings is 1. The number of carbonyl (C=O) groups excluding carboxylic acids is 1. The quantitative estimate of drug-likeness (QED) is 0.885. The maximum atomic E-state index is 12.7. The lowest BCUT2D eigenvalue weighted by atomic mass is 10.1. The standard InChI is InChI=1S/C19H22N2O4S/c1-15-2-8-18(9-3-15)26(24,25)21-12-10-20(11-13-21)19(23)14-16-4-6-17(22)7-5-16/h2-9,22H,10-14H2,1H3. The van der Waals surface area contributed by atoms with Crippen LogP contribution >= 0.6 is 0 Å². The average Bonchev–Trinajstić information content (AvgIpc) is 2.64. The molecule has 0 unspecified atom stereocenters. The lowest BCUT2D eigenvalue weighted by Gasteiger charge is -2.34. The predicted molar refractivity (Wildman–Crippen MR) is 98.3 cm³/mol. The van der Waals surface area contributed by atoms with Crippen LogP contribution in [-0.2, 0) is 21.2 Å². The van der Waals surface area contributed by atoms with Gasteiger partial charge in [0.05, 0.1) is 11.3 Å². The van der Waals surface area contributed by atoms with Gasteiger partial charge in [0, 0.05) is 26.2 Å². The van der Waals surface area contributed by atoms with Crippen LogP contribution in [0.15, 0.2) is 53.4 Å². The number of hydrogen-bond donors (Lipinski definition) is 1. The van der Waals surface area contributed by atoms with Gasteiger partial charge in [0.1, 0.15) is 5.75 Å². The van der Waals surface area contributed by atoms with Crippen molar-refractivity contribution in [1.82, 2.24) is 9.21 Å². The Bertz CT molecular complexity index is 869. The fourth-order valence-electron chi connectivity index (χ4n) is 2.94. The Labute approximate surface area is 153 Å². The summed E-state index contributed by atoms with van der Waals surface area (Å²) in [7, 11) is -3.52. The molecule has 1 fully saturated rings. The summed E-state index contributed by atoms with van der Waals surface area (Å²) in [6, 6.07) is 13.3. The van der Waals surface area contributed by atoms with E-state index in [2.05, 4.69) is 0 Å². The van der Waals surface area contributed by atoms with Crippen LogP contribution in [0.3, 0.4) is 0 Å². The molecular formula is C19H22N2O4S. The summed E-state index contributed by atoms with van der Waals surface area (Å²) in [5.74, 6) is 0.124. The lowest BCUT2D eigenvalue weighted by molar-refractivity contribution is -0.131. The molecule has 6 nitrogen and oxygen atoms in total. The van der Waals surface area contributed by atoms with E-state index in [1.807, 2.05) is 6.92 Å². The predicted octanol–water partition coefficient (Wildman–Crippen LogP) is 1.78. The SMILES string of the molecule is Cc1ccc(S(=O)(=O)N2CCN(C(=O)Cc3ccc(O)cc3)CC2)cc1. The molecule has 2 aromatic rings. The molecule has 1 N–H and O–H groups in total. The molecule has 1 heterocycles. The van der Waals surface area contributed by atoms with Gasteiger partial charge in [0.25, 0.3) is 0 Å². The Hall–Kier alpha value is -2.38. The summed E-state index contributed by atoms with van der Waals surface area (Å²) >= 11 is 0. The molecule has 3 rings (SSSR count). The van der Waals surface area contributed by atoms with Gasteiger partial charge in [-0.05, 0) is 36.8 Å². The van der Waals surface area contributed by atoms with E-state index in [1.54, 1.807) is 53.4 Å². The Kier molecular flexibility index (Phi) is 5.29. The second-order valence-electron chi connectivity index (χ2n) is 6.44. The highest BCUT2D eigenvalue weighted by Crippen LogP contribution is 2.19. The number of aromatic hydroxyl groups is 1. The zero-order chi connectivity index (χ0) is 18.7. The van der Waals surface area contributed by atoms with Gasteiger partial charge in [-0.25, -0.2) is 8.42 Å². The van der Waals surface area contributed by atoms with E-state index in [0.717, 1.165) is 11.1 Å². The fourth-order valence-corrected chi connectivity index (χ4v) is 4.36. The highest BCUT2D eigenvalue weighted by Gasteiger charge is 2.29. The first-order valence-electron chi connectivity index (χ1n) is 8.49. The minimum absolute atomic E-state index is 0.0388. The van der Waals surface area contributed by atoms with Crippen LogP contribution in [-0.4, -0.2) is 54.8 Å². The first kappa shape index (κ1) is 18.4. The van der Waals surface area contributed by atoms with Gasteiger partial charge in [0.15, 0.2) is 0 Å². The van der Waals surface area contributed by atoms with Crippen molar-refractivity contribution in [3.63, 3.8) is 0 Å². The van der Waals surface area contributed by atoms with Crippen molar-refractivity contribution in [2.24, 2.45) is 0 Å². The summed E-state index contributed by atoms with van der Waals surface area (Å²) in [6.45, 7) is 3.24. The summed E-state index contributed by atoms with van der Waals surface area (Å²) in [5.41, 5.74) is 1.83. The molecule has 1 amide bonds. The molecular weight excluding hydrogens is 352 g/mol. The van der Waals surface area contributed by atoms with Crippen LogP contribution in [0.25, 0.3) is 0 Å². The molecule has 2 aromatic carbocycles. The molecule has 7 heteroatoms. The molecule has 0 bridgehead atoms. The van der Waals surface area contributed by atoms with Crippen LogP contribution < -0.4 is 0 Å². The van der Waals surface area contributed by atoms with Crippen LogP contribution in [0.5, 0.6) is 5.75 Å². The van der Waals surface area contributed by atoms with Gasteiger partial charge in [-0.15, -0.1) is 0 Å². The maximum Gasteiger partial charge on any atom is 0.243 e. The van der Waals surface area contributed by atoms with E-state index < -0.39 is 10.0 Å². The Balaban J connectivity index is 1.60. The molecule has 0 aliphatic carbocycles. The Morgan fingerprint density at radius 2 is 1.54 bits per heavy atom. The molecule has 138 valence electrons. The molecule has 1 saturated heterocycles. The van der Waals surface area contributed by atoms with Crippen molar-refractivity contribution in [3.8, 4) is 5.75 Å². The number of aryl methyl sites for hydroxylation is 1. The van der Waals surface area contributed by atoms with E-state index in [0.29, 0.717) is 13.1 Å². The summed E-state index contributed by atoms with van der Waals surface area (Å²) < 4.78 is 26.8. The number of sulfonamides is 1. The number of phenolic OH excluding ortho intramolecular Hbond substituents is 1. The van der Waals surface area contributed by atoms with Gasteiger partial charge in [0.2, 0.25) is 15.9 Å². The number of nitrogens with zero attached hydrogens (tertiary/aromatic N) is 2. The maximum absolute atomic E-state index is 12.7. The molecule has 1 aliphatic heterocycles. The third kappa shape index (κ3) is 4.05. The molecule has 0 atom stereocenters. The van der Waals surface area contributed by atoms with Gasteiger partial charge in [-0.1, -0.05) is 29.8 Å². The highest BCUT2D eigenvalue weighted by atomic mass is 32.2. The minimum Gasteiger partial charge on any atom is -0.508 e. The number of rotatable bonds is 4. The number of benzene rings is 2. The minimum atomic E-state index is -3.52. The highest BCUT2D eigenvalue weighted by molar-refractivity contribution is 7.89. The zero-order valence-electron chi connectivity index (χ0n) is 14.6. The second kappa shape index (κ2) is 7.47. The molecule has 0 saturated carbocycles. The zero-order valence-corrected chi connectivity index (χ0v) is 15.4. The first-order valence-corrected chi connectivity index (χ1v) is 9.93. The van der Waals surface area contributed by atoms with Crippen molar-refractivity contribution >= 4 is 15.9 Å². The summed E-state index contributed by atoms with van der Waals surface area (Å²) in [5, 5.41) is 9.30. The number of phenols is 1. The lowest BCUT2D eigenvalue weighted by Crippen LogP contribution is -2.50. The van der Waals surface area contributed by atoms with E-state index in [1.165, 1.54) is 4.31 Å². The number of amides is 1. The normalized spacial score (nSPS) is 15.8. The molecule has 26 heavy (non-hydrogen) atoms. The third-order valence-corrected chi connectivity index (χ3v) is 6.45. The Morgan fingerprint density at radius 1 is 0.962 bits per heavy atom. The van der Waals surface area contributed by atoms with E-state index >= 15 is 0 Å². The van der Waals surface area contributed by atoms with Crippen LogP contribution in [0.4, 0.5) is 0 Å². The van der Waals surface area contributed by atoms with Gasteiger partial charge in [-0.2, -0.15) is 4.31 Å². The van der Waals surface area contributed by atoms with E-state index in [9.17, 15) is 18.3 Å². The third-order valence-electron chi connectivity index (χ3n) is 4.54. The summed E-state index contributed by atoms with van der Waals surface area (Å²) in [4.78, 5) is 14.4. The molecule has 0 aromatic heterocycles. The van der Waals surface area contributed by atoms with Crippen molar-refractivity contribution in [3.05, 3.63) is 59.7 Å². The van der Waals surface area contributed by atoms with Gasteiger partial charge >= 0.3 is 0 Å². The van der Waals surface area contributed by atoms with Crippen LogP contribution in [0, 0.1) is 6.92 Å². The van der Waals surface area contributed by atoms with E-state index in [4.69, 9.17) is 0 Å².